The van der Waals surface area contributed by atoms with Gasteiger partial charge in [0.05, 0.1) is 5.75 Å². The van der Waals surface area contributed by atoms with Gasteiger partial charge in [-0.15, -0.1) is 10.2 Å². The Hall–Kier alpha value is -2.38. The second-order valence-electron chi connectivity index (χ2n) is 6.55. The van der Waals surface area contributed by atoms with Gasteiger partial charge in [0.1, 0.15) is 0 Å². The zero-order chi connectivity index (χ0) is 20.1. The van der Waals surface area contributed by atoms with E-state index < -0.39 is 0 Å². The summed E-state index contributed by atoms with van der Waals surface area (Å²) >= 11 is 2.85. The number of hydrogen-bond acceptors (Lipinski definition) is 6. The smallest absolute Gasteiger partial charge is 0.234 e. The molecule has 0 spiro atoms. The van der Waals surface area contributed by atoms with Gasteiger partial charge in [-0.05, 0) is 55.5 Å². The van der Waals surface area contributed by atoms with Crippen LogP contribution in [0.2, 0.25) is 0 Å². The molecule has 0 atom stereocenters. The van der Waals surface area contributed by atoms with Gasteiger partial charge in [0.2, 0.25) is 11.0 Å². The lowest BCUT2D eigenvalue weighted by molar-refractivity contribution is -0.113. The molecular weight excluding hydrogens is 388 g/mol. The number of carbonyl (C=O) groups is 1. The minimum Gasteiger partial charge on any atom is -0.330 e. The molecule has 1 aromatic heterocycles. The second kappa shape index (κ2) is 9.21. The van der Waals surface area contributed by atoms with E-state index in [9.17, 15) is 4.79 Å². The summed E-state index contributed by atoms with van der Waals surface area (Å²) in [6.45, 7) is 8.26. The van der Waals surface area contributed by atoms with Crippen LogP contribution in [0, 0.1) is 20.8 Å². The van der Waals surface area contributed by atoms with Crippen molar-refractivity contribution in [3.63, 3.8) is 0 Å². The predicted octanol–water partition coefficient (Wildman–Crippen LogP) is 5.50. The van der Waals surface area contributed by atoms with Gasteiger partial charge in [-0.1, -0.05) is 60.4 Å². The van der Waals surface area contributed by atoms with Crippen molar-refractivity contribution in [3.8, 4) is 0 Å². The Morgan fingerprint density at radius 2 is 1.82 bits per heavy atom. The van der Waals surface area contributed by atoms with Crippen molar-refractivity contribution < 1.29 is 4.79 Å². The van der Waals surface area contributed by atoms with Gasteiger partial charge in [0.25, 0.3) is 0 Å². The van der Waals surface area contributed by atoms with Crippen LogP contribution in [-0.2, 0) is 11.2 Å². The lowest BCUT2D eigenvalue weighted by atomic mass is 10.1. The zero-order valence-corrected chi connectivity index (χ0v) is 18.1. The molecule has 5 nitrogen and oxygen atoms in total. The molecule has 2 aromatic carbocycles. The third-order valence-electron chi connectivity index (χ3n) is 4.58. The molecule has 0 radical (unpaired) electrons. The summed E-state index contributed by atoms with van der Waals surface area (Å²) < 4.78 is 0.767. The van der Waals surface area contributed by atoms with E-state index in [1.54, 1.807) is 0 Å². The summed E-state index contributed by atoms with van der Waals surface area (Å²) in [5.74, 6) is 0.267. The number of carbonyl (C=O) groups excluding carboxylic acids is 1. The SMILES string of the molecule is CCc1cccc(C)c1NC(=O)CSc1nnc(Nc2cccc(C)c2C)s1. The van der Waals surface area contributed by atoms with Crippen LogP contribution in [0.5, 0.6) is 0 Å². The van der Waals surface area contributed by atoms with Gasteiger partial charge in [0, 0.05) is 11.4 Å². The van der Waals surface area contributed by atoms with Crippen LogP contribution in [0.15, 0.2) is 40.7 Å². The Morgan fingerprint density at radius 3 is 2.61 bits per heavy atom. The molecule has 0 aliphatic rings. The summed E-state index contributed by atoms with van der Waals surface area (Å²) in [4.78, 5) is 12.4. The van der Waals surface area contributed by atoms with Crippen molar-refractivity contribution >= 4 is 45.5 Å². The monoisotopic (exact) mass is 412 g/mol. The number of anilines is 3. The highest BCUT2D eigenvalue weighted by atomic mass is 32.2. The summed E-state index contributed by atoms with van der Waals surface area (Å²) in [6.07, 6.45) is 0.883. The minimum atomic E-state index is -0.0340. The lowest BCUT2D eigenvalue weighted by Gasteiger charge is -2.12. The number of thioether (sulfide) groups is 1. The minimum absolute atomic E-state index is 0.0340. The first-order chi connectivity index (χ1) is 13.5. The van der Waals surface area contributed by atoms with E-state index >= 15 is 0 Å². The summed E-state index contributed by atoms with van der Waals surface area (Å²) in [5.41, 5.74) is 6.59. The van der Waals surface area contributed by atoms with E-state index in [0.29, 0.717) is 5.75 Å². The van der Waals surface area contributed by atoms with Gasteiger partial charge in [-0.2, -0.15) is 0 Å². The highest BCUT2D eigenvalue weighted by Crippen LogP contribution is 2.30. The molecule has 0 aliphatic heterocycles. The first-order valence-corrected chi connectivity index (χ1v) is 11.0. The van der Waals surface area contributed by atoms with Crippen LogP contribution < -0.4 is 10.6 Å². The fraction of sp³-hybridized carbons (Fsp3) is 0.286. The van der Waals surface area contributed by atoms with Crippen molar-refractivity contribution in [2.75, 3.05) is 16.4 Å². The Balaban J connectivity index is 1.59. The summed E-state index contributed by atoms with van der Waals surface area (Å²) in [6, 6.07) is 12.2. The number of nitrogens with one attached hydrogen (secondary N) is 2. The van der Waals surface area contributed by atoms with Gasteiger partial charge >= 0.3 is 0 Å². The fourth-order valence-electron chi connectivity index (χ4n) is 2.83. The molecule has 28 heavy (non-hydrogen) atoms. The Bertz CT molecular complexity index is 984. The fourth-order valence-corrected chi connectivity index (χ4v) is 4.39. The van der Waals surface area contributed by atoms with Crippen molar-refractivity contribution in [2.24, 2.45) is 0 Å². The van der Waals surface area contributed by atoms with Crippen LogP contribution in [0.3, 0.4) is 0 Å². The van der Waals surface area contributed by atoms with Crippen LogP contribution in [0.1, 0.15) is 29.2 Å². The topological polar surface area (TPSA) is 66.9 Å². The number of aromatic nitrogens is 2. The van der Waals surface area contributed by atoms with Crippen LogP contribution in [0.4, 0.5) is 16.5 Å². The molecule has 1 amide bonds. The van der Waals surface area contributed by atoms with E-state index in [-0.39, 0.29) is 5.91 Å². The Labute approximate surface area is 174 Å². The molecule has 3 aromatic rings. The maximum atomic E-state index is 12.4. The highest BCUT2D eigenvalue weighted by Gasteiger charge is 2.12. The molecule has 146 valence electrons. The third-order valence-corrected chi connectivity index (χ3v) is 6.56. The van der Waals surface area contributed by atoms with E-state index in [1.165, 1.54) is 34.2 Å². The van der Waals surface area contributed by atoms with Crippen LogP contribution in [0.25, 0.3) is 0 Å². The molecule has 3 rings (SSSR count). The predicted molar refractivity (Wildman–Crippen MR) is 119 cm³/mol. The number of nitrogens with zero attached hydrogens (tertiary/aromatic N) is 2. The van der Waals surface area contributed by atoms with E-state index in [0.717, 1.165) is 38.4 Å². The third kappa shape index (κ3) is 4.91. The van der Waals surface area contributed by atoms with Crippen molar-refractivity contribution in [1.29, 1.82) is 0 Å². The number of rotatable bonds is 7. The number of amides is 1. The largest absolute Gasteiger partial charge is 0.330 e. The summed E-state index contributed by atoms with van der Waals surface area (Å²) in [7, 11) is 0. The number of aryl methyl sites for hydroxylation is 3. The quantitative estimate of drug-likeness (QED) is 0.502. The first kappa shape index (κ1) is 20.4. The summed E-state index contributed by atoms with van der Waals surface area (Å²) in [5, 5.41) is 15.5. The molecule has 2 N–H and O–H groups in total. The molecule has 0 saturated heterocycles. The average Bonchev–Trinajstić information content (AvgIpc) is 3.13. The van der Waals surface area contributed by atoms with E-state index in [2.05, 4.69) is 47.7 Å². The van der Waals surface area contributed by atoms with Crippen molar-refractivity contribution in [3.05, 3.63) is 58.7 Å². The highest BCUT2D eigenvalue weighted by molar-refractivity contribution is 8.01. The molecule has 7 heteroatoms. The van der Waals surface area contributed by atoms with Crippen LogP contribution >= 0.6 is 23.1 Å². The van der Waals surface area contributed by atoms with E-state index in [1.807, 2.05) is 37.3 Å². The Morgan fingerprint density at radius 1 is 1.07 bits per heavy atom. The molecule has 0 saturated carbocycles. The normalized spacial score (nSPS) is 10.7. The number of para-hydroxylation sites is 1. The Kier molecular flexibility index (Phi) is 6.70. The number of benzene rings is 2. The maximum Gasteiger partial charge on any atom is 0.234 e. The molecule has 0 fully saturated rings. The maximum absolute atomic E-state index is 12.4. The molecular formula is C21H24N4OS2. The lowest BCUT2D eigenvalue weighted by Crippen LogP contribution is -2.16. The number of hydrogen-bond donors (Lipinski definition) is 2. The van der Waals surface area contributed by atoms with E-state index in [4.69, 9.17) is 0 Å². The van der Waals surface area contributed by atoms with Gasteiger partial charge < -0.3 is 10.6 Å². The standard InChI is InChI=1S/C21H24N4OS2/c1-5-16-10-6-9-14(3)19(16)23-18(26)12-27-21-25-24-20(28-21)22-17-11-7-8-13(2)15(17)4/h6-11H,5,12H2,1-4H3,(H,22,24)(H,23,26). The first-order valence-electron chi connectivity index (χ1n) is 9.15. The molecule has 0 aliphatic carbocycles. The van der Waals surface area contributed by atoms with Gasteiger partial charge in [0.15, 0.2) is 4.34 Å². The van der Waals surface area contributed by atoms with Gasteiger partial charge in [-0.3, -0.25) is 4.79 Å². The molecule has 1 heterocycles. The zero-order valence-electron chi connectivity index (χ0n) is 16.5. The second-order valence-corrected chi connectivity index (χ2v) is 8.75. The van der Waals surface area contributed by atoms with Crippen molar-refractivity contribution in [1.82, 2.24) is 10.2 Å². The van der Waals surface area contributed by atoms with Gasteiger partial charge in [-0.25, -0.2) is 0 Å². The molecule has 0 unspecified atom stereocenters. The van der Waals surface area contributed by atoms with Crippen molar-refractivity contribution in [2.45, 2.75) is 38.5 Å². The average molecular weight is 413 g/mol. The molecule has 0 bridgehead atoms. The van der Waals surface area contributed by atoms with Crippen LogP contribution in [-0.4, -0.2) is 21.9 Å².